The fourth-order valence-electron chi connectivity index (χ4n) is 3.32. The maximum atomic E-state index is 12.6. The molecule has 0 aliphatic heterocycles. The Morgan fingerprint density at radius 3 is 2.03 bits per heavy atom. The van der Waals surface area contributed by atoms with Crippen LogP contribution in [0, 0.1) is 0 Å². The molecule has 0 unspecified atom stereocenters. The van der Waals surface area contributed by atoms with Gasteiger partial charge >= 0.3 is 0 Å². The molecule has 2 saturated carbocycles. The summed E-state index contributed by atoms with van der Waals surface area (Å²) >= 11 is 0. The third kappa shape index (κ3) is 4.27. The number of hydrogen-bond donors (Lipinski definition) is 3. The van der Waals surface area contributed by atoms with Crippen LogP contribution < -0.4 is 15.4 Å². The Labute approximate surface area is 169 Å². The largest absolute Gasteiger partial charge is 0.353 e. The van der Waals surface area contributed by atoms with E-state index in [1.807, 2.05) is 12.1 Å². The monoisotopic (exact) mass is 413 g/mol. The van der Waals surface area contributed by atoms with Gasteiger partial charge in [0, 0.05) is 24.3 Å². The third-order valence-corrected chi connectivity index (χ3v) is 6.67. The Morgan fingerprint density at radius 2 is 1.52 bits per heavy atom. The van der Waals surface area contributed by atoms with Crippen LogP contribution in [0.25, 0.3) is 0 Å². The van der Waals surface area contributed by atoms with Gasteiger partial charge in [0.15, 0.2) is 0 Å². The second-order valence-electron chi connectivity index (χ2n) is 7.72. The number of hydrogen-bond acceptors (Lipinski definition) is 4. The summed E-state index contributed by atoms with van der Waals surface area (Å²) in [6.07, 6.45) is 3.73. The van der Waals surface area contributed by atoms with Crippen LogP contribution in [0.1, 0.15) is 38.2 Å². The van der Waals surface area contributed by atoms with Crippen LogP contribution in [0.2, 0.25) is 0 Å². The summed E-state index contributed by atoms with van der Waals surface area (Å²) in [5.74, 6) is -0.148. The molecule has 2 aromatic carbocycles. The molecule has 2 aliphatic rings. The van der Waals surface area contributed by atoms with Crippen LogP contribution >= 0.6 is 0 Å². The zero-order valence-corrected chi connectivity index (χ0v) is 16.9. The molecule has 2 amide bonds. The highest BCUT2D eigenvalue weighted by atomic mass is 32.2. The molecule has 2 fully saturated rings. The van der Waals surface area contributed by atoms with Crippen molar-refractivity contribution < 1.29 is 18.0 Å². The molecule has 2 aromatic rings. The third-order valence-electron chi connectivity index (χ3n) is 5.27. The van der Waals surface area contributed by atoms with Crippen molar-refractivity contribution in [1.82, 2.24) is 5.32 Å². The molecule has 0 aromatic heterocycles. The first-order valence-corrected chi connectivity index (χ1v) is 11.1. The standard InChI is InChI=1S/C21H23N3O4S/c1-14(25)22-16-8-10-19(11-9-16)29(27,28)24-18-4-2-15(3-5-18)21(12-13-21)20(26)23-17-6-7-17/h2-5,8-11,17,24H,6-7,12-13H2,1H3,(H,22,25)(H,23,26). The topological polar surface area (TPSA) is 104 Å². The summed E-state index contributed by atoms with van der Waals surface area (Å²) in [4.78, 5) is 23.7. The molecule has 29 heavy (non-hydrogen) atoms. The molecule has 0 atom stereocenters. The molecule has 0 bridgehead atoms. The highest BCUT2D eigenvalue weighted by Gasteiger charge is 2.52. The van der Waals surface area contributed by atoms with Crippen molar-refractivity contribution >= 4 is 33.2 Å². The SMILES string of the molecule is CC(=O)Nc1ccc(S(=O)(=O)Nc2ccc(C3(C(=O)NC4CC4)CC3)cc2)cc1. The highest BCUT2D eigenvalue weighted by molar-refractivity contribution is 7.92. The average molecular weight is 413 g/mol. The number of benzene rings is 2. The zero-order valence-electron chi connectivity index (χ0n) is 16.1. The van der Waals surface area contributed by atoms with Crippen LogP contribution in [0.4, 0.5) is 11.4 Å². The predicted octanol–water partition coefficient (Wildman–Crippen LogP) is 2.76. The quantitative estimate of drug-likeness (QED) is 0.649. The van der Waals surface area contributed by atoms with E-state index < -0.39 is 15.4 Å². The van der Waals surface area contributed by atoms with Crippen LogP contribution in [-0.2, 0) is 25.0 Å². The van der Waals surface area contributed by atoms with E-state index in [4.69, 9.17) is 0 Å². The van der Waals surface area contributed by atoms with Gasteiger partial charge in [-0.25, -0.2) is 8.42 Å². The predicted molar refractivity (Wildman–Crippen MR) is 110 cm³/mol. The molecular weight excluding hydrogens is 390 g/mol. The van der Waals surface area contributed by atoms with Crippen molar-refractivity contribution in [3.63, 3.8) is 0 Å². The average Bonchev–Trinajstić information content (AvgIpc) is 3.57. The number of rotatable bonds is 7. The number of nitrogens with one attached hydrogen (secondary N) is 3. The van der Waals surface area contributed by atoms with Gasteiger partial charge < -0.3 is 10.6 Å². The van der Waals surface area contributed by atoms with Crippen LogP contribution in [0.3, 0.4) is 0 Å². The molecule has 3 N–H and O–H groups in total. The maximum Gasteiger partial charge on any atom is 0.261 e. The number of carbonyl (C=O) groups is 2. The summed E-state index contributed by atoms with van der Waals surface area (Å²) in [6.45, 7) is 1.39. The summed E-state index contributed by atoms with van der Waals surface area (Å²) in [7, 11) is -3.76. The van der Waals surface area contributed by atoms with Gasteiger partial charge in [-0.2, -0.15) is 0 Å². The fourth-order valence-corrected chi connectivity index (χ4v) is 4.37. The number of sulfonamides is 1. The highest BCUT2D eigenvalue weighted by Crippen LogP contribution is 2.49. The minimum Gasteiger partial charge on any atom is -0.353 e. The zero-order chi connectivity index (χ0) is 20.6. The van der Waals surface area contributed by atoms with E-state index >= 15 is 0 Å². The van der Waals surface area contributed by atoms with Crippen molar-refractivity contribution in [3.05, 3.63) is 54.1 Å². The molecule has 2 aliphatic carbocycles. The maximum absolute atomic E-state index is 12.6. The molecule has 8 heteroatoms. The molecule has 0 saturated heterocycles. The molecule has 152 valence electrons. The van der Waals surface area contributed by atoms with E-state index in [1.165, 1.54) is 31.2 Å². The van der Waals surface area contributed by atoms with E-state index in [-0.39, 0.29) is 16.7 Å². The molecule has 4 rings (SSSR count). The number of carbonyl (C=O) groups excluding carboxylic acids is 2. The van der Waals surface area contributed by atoms with Gasteiger partial charge in [-0.1, -0.05) is 12.1 Å². The summed E-state index contributed by atoms with van der Waals surface area (Å²) in [6, 6.07) is 13.3. The molecule has 0 heterocycles. The first-order valence-electron chi connectivity index (χ1n) is 9.60. The normalized spacial score (nSPS) is 17.3. The molecule has 7 nitrogen and oxygen atoms in total. The lowest BCUT2D eigenvalue weighted by molar-refractivity contribution is -0.123. The lowest BCUT2D eigenvalue weighted by atomic mass is 9.95. The van der Waals surface area contributed by atoms with Crippen molar-refractivity contribution in [2.45, 2.75) is 49.0 Å². The molecular formula is C21H23N3O4S. The van der Waals surface area contributed by atoms with Crippen molar-refractivity contribution in [3.8, 4) is 0 Å². The Kier molecular flexibility index (Phi) is 4.82. The van der Waals surface area contributed by atoms with E-state index in [1.54, 1.807) is 12.1 Å². The number of anilines is 2. The van der Waals surface area contributed by atoms with E-state index in [0.717, 1.165) is 31.2 Å². The Balaban J connectivity index is 1.45. The van der Waals surface area contributed by atoms with Crippen LogP contribution in [-0.4, -0.2) is 26.3 Å². The first-order chi connectivity index (χ1) is 13.8. The lowest BCUT2D eigenvalue weighted by Gasteiger charge is -2.16. The summed E-state index contributed by atoms with van der Waals surface area (Å²) in [5.41, 5.74) is 1.41. The van der Waals surface area contributed by atoms with E-state index in [0.29, 0.717) is 17.4 Å². The second kappa shape index (κ2) is 7.18. The van der Waals surface area contributed by atoms with Crippen molar-refractivity contribution in [2.24, 2.45) is 0 Å². The smallest absolute Gasteiger partial charge is 0.261 e. The lowest BCUT2D eigenvalue weighted by Crippen LogP contribution is -2.36. The molecule has 0 spiro atoms. The first kappa shape index (κ1) is 19.4. The minimum atomic E-state index is -3.76. The summed E-state index contributed by atoms with van der Waals surface area (Å²) < 4.78 is 27.8. The van der Waals surface area contributed by atoms with Crippen molar-refractivity contribution in [1.29, 1.82) is 0 Å². The van der Waals surface area contributed by atoms with Crippen LogP contribution in [0.5, 0.6) is 0 Å². The van der Waals surface area contributed by atoms with Gasteiger partial charge in [0.25, 0.3) is 10.0 Å². The fraction of sp³-hybridized carbons (Fsp3) is 0.333. The van der Waals surface area contributed by atoms with Crippen molar-refractivity contribution in [2.75, 3.05) is 10.0 Å². The van der Waals surface area contributed by atoms with Gasteiger partial charge in [-0.15, -0.1) is 0 Å². The Bertz CT molecular complexity index is 1040. The van der Waals surface area contributed by atoms with Crippen LogP contribution in [0.15, 0.2) is 53.4 Å². The van der Waals surface area contributed by atoms with E-state index in [2.05, 4.69) is 15.4 Å². The molecule has 0 radical (unpaired) electrons. The van der Waals surface area contributed by atoms with Gasteiger partial charge in [0.05, 0.1) is 10.3 Å². The summed E-state index contributed by atoms with van der Waals surface area (Å²) in [5, 5.41) is 5.67. The Hall–Kier alpha value is -2.87. The van der Waals surface area contributed by atoms with Gasteiger partial charge in [0.1, 0.15) is 0 Å². The second-order valence-corrected chi connectivity index (χ2v) is 9.40. The van der Waals surface area contributed by atoms with E-state index in [9.17, 15) is 18.0 Å². The van der Waals surface area contributed by atoms with Gasteiger partial charge in [-0.05, 0) is 67.6 Å². The Morgan fingerprint density at radius 1 is 0.931 bits per heavy atom. The van der Waals surface area contributed by atoms with Gasteiger partial charge in [0.2, 0.25) is 11.8 Å². The number of amides is 2. The minimum absolute atomic E-state index is 0.0765. The van der Waals surface area contributed by atoms with Gasteiger partial charge in [-0.3, -0.25) is 14.3 Å².